The molecule has 1 aliphatic rings. The maximum atomic E-state index is 12.6. The van der Waals surface area contributed by atoms with E-state index in [2.05, 4.69) is 15.5 Å². The first-order chi connectivity index (χ1) is 11.2. The van der Waals surface area contributed by atoms with E-state index in [4.69, 9.17) is 0 Å². The van der Waals surface area contributed by atoms with Gasteiger partial charge in [0.15, 0.2) is 0 Å². The standard InChI is InChI=1S/C17H24F3N3O/c1-23(2)14-8-5-7-13(10-14)21-16(24)22-15-9-4-3-6-12(15)11-17(18,19)20/h3-4,6,9,13-14H,5,7-8,10-11H2,1-2H3,(H2,21,22,24). The van der Waals surface area contributed by atoms with Crippen molar-refractivity contribution in [1.29, 1.82) is 0 Å². The number of hydrogen-bond acceptors (Lipinski definition) is 2. The lowest BCUT2D eigenvalue weighted by Gasteiger charge is -2.33. The van der Waals surface area contributed by atoms with Gasteiger partial charge in [-0.3, -0.25) is 0 Å². The van der Waals surface area contributed by atoms with Crippen molar-refractivity contribution in [2.24, 2.45) is 0 Å². The van der Waals surface area contributed by atoms with Crippen molar-refractivity contribution in [3.63, 3.8) is 0 Å². The van der Waals surface area contributed by atoms with E-state index in [9.17, 15) is 18.0 Å². The number of nitrogens with one attached hydrogen (secondary N) is 2. The van der Waals surface area contributed by atoms with Crippen LogP contribution in [0.4, 0.5) is 23.7 Å². The Kier molecular flexibility index (Phi) is 6.10. The summed E-state index contributed by atoms with van der Waals surface area (Å²) in [5.41, 5.74) is 0.266. The van der Waals surface area contributed by atoms with E-state index in [1.54, 1.807) is 6.07 Å². The lowest BCUT2D eigenvalue weighted by atomic mass is 9.90. The van der Waals surface area contributed by atoms with E-state index in [0.717, 1.165) is 25.7 Å². The minimum absolute atomic E-state index is 0.0425. The lowest BCUT2D eigenvalue weighted by Crippen LogP contribution is -2.45. The quantitative estimate of drug-likeness (QED) is 0.874. The van der Waals surface area contributed by atoms with Gasteiger partial charge in [-0.15, -0.1) is 0 Å². The van der Waals surface area contributed by atoms with Gasteiger partial charge in [-0.25, -0.2) is 4.79 Å². The molecule has 134 valence electrons. The summed E-state index contributed by atoms with van der Waals surface area (Å²) in [7, 11) is 4.03. The largest absolute Gasteiger partial charge is 0.393 e. The van der Waals surface area contributed by atoms with Crippen molar-refractivity contribution in [2.45, 2.75) is 50.4 Å². The summed E-state index contributed by atoms with van der Waals surface area (Å²) in [4.78, 5) is 14.3. The Labute approximate surface area is 140 Å². The van der Waals surface area contributed by atoms with Crippen molar-refractivity contribution < 1.29 is 18.0 Å². The molecule has 7 heteroatoms. The molecule has 0 saturated heterocycles. The van der Waals surface area contributed by atoms with Gasteiger partial charge in [-0.2, -0.15) is 13.2 Å². The Morgan fingerprint density at radius 2 is 1.96 bits per heavy atom. The summed E-state index contributed by atoms with van der Waals surface area (Å²) in [6.45, 7) is 0. The molecule has 1 fully saturated rings. The molecule has 2 unspecified atom stereocenters. The highest BCUT2D eigenvalue weighted by Crippen LogP contribution is 2.26. The van der Waals surface area contributed by atoms with Gasteiger partial charge in [0.1, 0.15) is 0 Å². The van der Waals surface area contributed by atoms with Crippen LogP contribution in [0.2, 0.25) is 0 Å². The Morgan fingerprint density at radius 3 is 2.62 bits per heavy atom. The Hall–Kier alpha value is -1.76. The smallest absolute Gasteiger partial charge is 0.335 e. The third kappa shape index (κ3) is 5.70. The van der Waals surface area contributed by atoms with Crippen LogP contribution < -0.4 is 10.6 Å². The molecule has 0 heterocycles. The second-order valence-corrected chi connectivity index (χ2v) is 6.53. The molecule has 1 aromatic rings. The van der Waals surface area contributed by atoms with E-state index in [1.807, 2.05) is 14.1 Å². The summed E-state index contributed by atoms with van der Waals surface area (Å²) in [6, 6.07) is 6.03. The molecule has 4 nitrogen and oxygen atoms in total. The van der Waals surface area contributed by atoms with Crippen LogP contribution in [0.25, 0.3) is 0 Å². The van der Waals surface area contributed by atoms with Crippen LogP contribution in [-0.4, -0.2) is 43.3 Å². The number of carbonyl (C=O) groups is 1. The molecule has 0 bridgehead atoms. The fraction of sp³-hybridized carbons (Fsp3) is 0.588. The first-order valence-corrected chi connectivity index (χ1v) is 8.13. The van der Waals surface area contributed by atoms with Crippen LogP contribution in [0, 0.1) is 0 Å². The van der Waals surface area contributed by atoms with E-state index in [-0.39, 0.29) is 17.3 Å². The number of rotatable bonds is 4. The summed E-state index contributed by atoms with van der Waals surface area (Å²) in [5.74, 6) is 0. The van der Waals surface area contributed by atoms with Gasteiger partial charge >= 0.3 is 12.2 Å². The van der Waals surface area contributed by atoms with Crippen LogP contribution in [-0.2, 0) is 6.42 Å². The molecule has 0 radical (unpaired) electrons. The number of urea groups is 1. The van der Waals surface area contributed by atoms with E-state index >= 15 is 0 Å². The summed E-state index contributed by atoms with van der Waals surface area (Å²) >= 11 is 0. The van der Waals surface area contributed by atoms with E-state index in [1.165, 1.54) is 18.2 Å². The van der Waals surface area contributed by atoms with Gasteiger partial charge in [0.2, 0.25) is 0 Å². The van der Waals surface area contributed by atoms with Gasteiger partial charge in [0.05, 0.1) is 6.42 Å². The first-order valence-electron chi connectivity index (χ1n) is 8.13. The fourth-order valence-corrected chi connectivity index (χ4v) is 3.12. The number of benzene rings is 1. The van der Waals surface area contributed by atoms with Crippen molar-refractivity contribution in [1.82, 2.24) is 10.2 Å². The second-order valence-electron chi connectivity index (χ2n) is 6.53. The predicted molar refractivity (Wildman–Crippen MR) is 88.1 cm³/mol. The number of alkyl halides is 3. The van der Waals surface area contributed by atoms with Gasteiger partial charge in [-0.05, 0) is 51.4 Å². The number of para-hydroxylation sites is 1. The lowest BCUT2D eigenvalue weighted by molar-refractivity contribution is -0.127. The molecular weight excluding hydrogens is 319 g/mol. The molecule has 2 amide bonds. The number of anilines is 1. The monoisotopic (exact) mass is 343 g/mol. The van der Waals surface area contributed by atoms with Crippen LogP contribution in [0.5, 0.6) is 0 Å². The number of nitrogens with zero attached hydrogens (tertiary/aromatic N) is 1. The molecule has 24 heavy (non-hydrogen) atoms. The zero-order chi connectivity index (χ0) is 17.7. The molecule has 2 rings (SSSR count). The van der Waals surface area contributed by atoms with Crippen molar-refractivity contribution in [3.8, 4) is 0 Å². The van der Waals surface area contributed by atoms with Crippen molar-refractivity contribution >= 4 is 11.7 Å². The number of hydrogen-bond donors (Lipinski definition) is 2. The van der Waals surface area contributed by atoms with Crippen molar-refractivity contribution in [2.75, 3.05) is 19.4 Å². The van der Waals surface area contributed by atoms with Gasteiger partial charge in [0.25, 0.3) is 0 Å². The van der Waals surface area contributed by atoms with E-state index in [0.29, 0.717) is 6.04 Å². The van der Waals surface area contributed by atoms with Crippen LogP contribution in [0.1, 0.15) is 31.2 Å². The van der Waals surface area contributed by atoms with Crippen molar-refractivity contribution in [3.05, 3.63) is 29.8 Å². The van der Waals surface area contributed by atoms with Crippen LogP contribution in [0.3, 0.4) is 0 Å². The summed E-state index contributed by atoms with van der Waals surface area (Å²) in [5, 5.41) is 5.45. The maximum Gasteiger partial charge on any atom is 0.393 e. The fourth-order valence-electron chi connectivity index (χ4n) is 3.12. The first kappa shape index (κ1) is 18.6. The third-order valence-corrected chi connectivity index (χ3v) is 4.37. The minimum Gasteiger partial charge on any atom is -0.335 e. The normalized spacial score (nSPS) is 21.6. The van der Waals surface area contributed by atoms with Gasteiger partial charge < -0.3 is 15.5 Å². The molecule has 2 atom stereocenters. The second kappa shape index (κ2) is 7.88. The summed E-state index contributed by atoms with van der Waals surface area (Å²) < 4.78 is 37.9. The maximum absolute atomic E-state index is 12.6. The highest BCUT2D eigenvalue weighted by Gasteiger charge is 2.29. The molecule has 2 N–H and O–H groups in total. The zero-order valence-corrected chi connectivity index (χ0v) is 14.0. The number of carbonyl (C=O) groups excluding carboxylic acids is 1. The van der Waals surface area contributed by atoms with E-state index < -0.39 is 18.6 Å². The molecule has 0 spiro atoms. The Morgan fingerprint density at radius 1 is 1.25 bits per heavy atom. The Balaban J connectivity index is 1.95. The highest BCUT2D eigenvalue weighted by molar-refractivity contribution is 5.90. The van der Waals surface area contributed by atoms with Crippen LogP contribution in [0.15, 0.2) is 24.3 Å². The molecular formula is C17H24F3N3O. The molecule has 1 aliphatic carbocycles. The molecule has 0 aromatic heterocycles. The Bertz CT molecular complexity index is 560. The molecule has 1 saturated carbocycles. The minimum atomic E-state index is -4.31. The average Bonchev–Trinajstić information content (AvgIpc) is 2.48. The van der Waals surface area contributed by atoms with Gasteiger partial charge in [-0.1, -0.05) is 18.2 Å². The number of amides is 2. The SMILES string of the molecule is CN(C)C1CCCC(NC(=O)Nc2ccccc2CC(F)(F)F)C1. The average molecular weight is 343 g/mol. The topological polar surface area (TPSA) is 44.4 Å². The molecule has 0 aliphatic heterocycles. The summed E-state index contributed by atoms with van der Waals surface area (Å²) in [6.07, 6.45) is -1.50. The third-order valence-electron chi connectivity index (χ3n) is 4.37. The molecule has 1 aromatic carbocycles. The van der Waals surface area contributed by atoms with Crippen LogP contribution >= 0.6 is 0 Å². The predicted octanol–water partition coefficient (Wildman–Crippen LogP) is 3.79. The number of halogens is 3. The highest BCUT2D eigenvalue weighted by atomic mass is 19.4. The van der Waals surface area contributed by atoms with Gasteiger partial charge in [0, 0.05) is 17.8 Å². The zero-order valence-electron chi connectivity index (χ0n) is 14.0.